The molecular weight excluding hydrogens is 421 g/mol. The number of carbonyl (C=O) groups excluding carboxylic acids is 1. The molecule has 1 N–H and O–H groups in total. The number of amides is 1. The van der Waals surface area contributed by atoms with E-state index in [0.717, 1.165) is 14.0 Å². The van der Waals surface area contributed by atoms with E-state index in [0.29, 0.717) is 5.56 Å². The molecule has 0 radical (unpaired) electrons. The van der Waals surface area contributed by atoms with Gasteiger partial charge < -0.3 is 9.84 Å². The molecule has 5 nitrogen and oxygen atoms in total. The zero-order valence-electron chi connectivity index (χ0n) is 13.4. The fourth-order valence-corrected chi connectivity index (χ4v) is 2.59. The Labute approximate surface area is 154 Å². The van der Waals surface area contributed by atoms with Crippen LogP contribution in [-0.4, -0.2) is 29.1 Å². The number of likely N-dealkylation sites (N-methyl/N-ethyl adjacent to an activating group) is 1. The van der Waals surface area contributed by atoms with Crippen LogP contribution in [0.4, 0.5) is 4.79 Å². The smallest absolute Gasteiger partial charge is 0.411 e. The molecule has 0 saturated heterocycles. The number of hydrogen-bond donors (Lipinski definition) is 1. The fourth-order valence-electron chi connectivity index (χ4n) is 2.23. The van der Waals surface area contributed by atoms with Gasteiger partial charge in [0.15, 0.2) is 5.54 Å². The highest BCUT2D eigenvalue weighted by atomic mass is 127. The van der Waals surface area contributed by atoms with Gasteiger partial charge in [-0.1, -0.05) is 42.5 Å². The molecule has 0 heterocycles. The Morgan fingerprint density at radius 2 is 1.71 bits per heavy atom. The van der Waals surface area contributed by atoms with Crippen LogP contribution < -0.4 is 0 Å². The van der Waals surface area contributed by atoms with Gasteiger partial charge in [-0.3, -0.25) is 4.90 Å². The van der Waals surface area contributed by atoms with E-state index in [-0.39, 0.29) is 6.61 Å². The number of rotatable bonds is 5. The number of aliphatic carboxylic acids is 1. The van der Waals surface area contributed by atoms with Gasteiger partial charge >= 0.3 is 12.1 Å². The molecule has 24 heavy (non-hydrogen) atoms. The number of halogens is 1. The molecule has 0 saturated carbocycles. The summed E-state index contributed by atoms with van der Waals surface area (Å²) in [5.74, 6) is -1.12. The maximum absolute atomic E-state index is 12.3. The molecule has 1 unspecified atom stereocenters. The average Bonchev–Trinajstić information content (AvgIpc) is 2.59. The summed E-state index contributed by atoms with van der Waals surface area (Å²) < 4.78 is 6.24. The lowest BCUT2D eigenvalue weighted by Gasteiger charge is -2.34. The molecule has 126 valence electrons. The third kappa shape index (κ3) is 3.87. The van der Waals surface area contributed by atoms with Crippen molar-refractivity contribution in [3.8, 4) is 0 Å². The number of carboxylic acids is 1. The molecule has 2 aromatic carbocycles. The normalized spacial score (nSPS) is 13.0. The third-order valence-corrected chi connectivity index (χ3v) is 4.69. The first-order valence-corrected chi connectivity index (χ1v) is 8.37. The number of hydrogen-bond acceptors (Lipinski definition) is 3. The van der Waals surface area contributed by atoms with Gasteiger partial charge in [-0.15, -0.1) is 0 Å². The van der Waals surface area contributed by atoms with E-state index in [1.54, 1.807) is 24.3 Å². The molecule has 0 aliphatic heterocycles. The lowest BCUT2D eigenvalue weighted by Crippen LogP contribution is -2.50. The van der Waals surface area contributed by atoms with Crippen molar-refractivity contribution in [3.05, 3.63) is 69.3 Å². The summed E-state index contributed by atoms with van der Waals surface area (Å²) in [6, 6.07) is 16.3. The zero-order chi connectivity index (χ0) is 17.7. The van der Waals surface area contributed by atoms with E-state index in [1.807, 2.05) is 30.3 Å². The van der Waals surface area contributed by atoms with Gasteiger partial charge in [0.1, 0.15) is 6.61 Å². The fraction of sp³-hybridized carbons (Fsp3) is 0.222. The predicted octanol–water partition coefficient (Wildman–Crippen LogP) is 3.86. The quantitative estimate of drug-likeness (QED) is 0.719. The molecule has 0 fully saturated rings. The Hall–Kier alpha value is -2.09. The highest BCUT2D eigenvalue weighted by Crippen LogP contribution is 2.29. The first-order chi connectivity index (χ1) is 11.4. The number of nitrogens with zero attached hydrogens (tertiary/aromatic N) is 1. The molecule has 2 aromatic rings. The van der Waals surface area contributed by atoms with Crippen molar-refractivity contribution in [2.24, 2.45) is 0 Å². The van der Waals surface area contributed by atoms with E-state index in [4.69, 9.17) is 4.74 Å². The van der Waals surface area contributed by atoms with Crippen molar-refractivity contribution in [2.45, 2.75) is 19.1 Å². The van der Waals surface area contributed by atoms with Gasteiger partial charge in [0.25, 0.3) is 0 Å². The number of ether oxygens (including phenoxy) is 1. The van der Waals surface area contributed by atoms with Gasteiger partial charge in [0.05, 0.1) is 0 Å². The summed E-state index contributed by atoms with van der Waals surface area (Å²) in [5, 5.41) is 9.71. The van der Waals surface area contributed by atoms with Gasteiger partial charge in [-0.05, 0) is 52.8 Å². The van der Waals surface area contributed by atoms with Crippen molar-refractivity contribution in [2.75, 3.05) is 7.05 Å². The first kappa shape index (κ1) is 18.3. The van der Waals surface area contributed by atoms with Crippen LogP contribution >= 0.6 is 22.6 Å². The highest BCUT2D eigenvalue weighted by molar-refractivity contribution is 14.1. The Kier molecular flexibility index (Phi) is 5.82. The van der Waals surface area contributed by atoms with Crippen molar-refractivity contribution >= 4 is 34.7 Å². The van der Waals surface area contributed by atoms with Gasteiger partial charge in [-0.25, -0.2) is 9.59 Å². The maximum Gasteiger partial charge on any atom is 0.411 e. The van der Waals surface area contributed by atoms with Crippen LogP contribution in [-0.2, 0) is 21.7 Å². The van der Waals surface area contributed by atoms with Crippen molar-refractivity contribution in [3.63, 3.8) is 0 Å². The van der Waals surface area contributed by atoms with Crippen molar-refractivity contribution < 1.29 is 19.4 Å². The highest BCUT2D eigenvalue weighted by Gasteiger charge is 2.42. The lowest BCUT2D eigenvalue weighted by molar-refractivity contribution is -0.149. The third-order valence-electron chi connectivity index (χ3n) is 3.97. The van der Waals surface area contributed by atoms with E-state index in [2.05, 4.69) is 22.6 Å². The molecule has 1 amide bonds. The topological polar surface area (TPSA) is 66.8 Å². The van der Waals surface area contributed by atoms with Gasteiger partial charge in [0.2, 0.25) is 0 Å². The van der Waals surface area contributed by atoms with E-state index >= 15 is 0 Å². The molecular formula is C18H18INO4. The Morgan fingerprint density at radius 3 is 2.25 bits per heavy atom. The minimum absolute atomic E-state index is 0.0897. The van der Waals surface area contributed by atoms with Crippen LogP contribution in [0.25, 0.3) is 0 Å². The summed E-state index contributed by atoms with van der Waals surface area (Å²) in [6.07, 6.45) is -0.692. The van der Waals surface area contributed by atoms with Crippen LogP contribution in [0.3, 0.4) is 0 Å². The second kappa shape index (κ2) is 7.65. The zero-order valence-corrected chi connectivity index (χ0v) is 15.6. The summed E-state index contributed by atoms with van der Waals surface area (Å²) in [6.45, 7) is 1.58. The molecule has 0 aliphatic rings. The van der Waals surface area contributed by atoms with E-state index in [9.17, 15) is 14.7 Å². The van der Waals surface area contributed by atoms with E-state index < -0.39 is 17.6 Å². The maximum atomic E-state index is 12.3. The van der Waals surface area contributed by atoms with Gasteiger partial charge in [-0.2, -0.15) is 0 Å². The largest absolute Gasteiger partial charge is 0.479 e. The molecule has 0 aliphatic carbocycles. The SMILES string of the molecule is CN(C(=O)OCc1ccccc1)C(C)(C(=O)O)c1ccc(I)cc1. The Balaban J connectivity index is 2.19. The van der Waals surface area contributed by atoms with Crippen molar-refractivity contribution in [1.29, 1.82) is 0 Å². The van der Waals surface area contributed by atoms with Crippen LogP contribution in [0.2, 0.25) is 0 Å². The second-order valence-electron chi connectivity index (χ2n) is 5.48. The lowest BCUT2D eigenvalue weighted by atomic mass is 9.91. The van der Waals surface area contributed by atoms with Crippen LogP contribution in [0, 0.1) is 3.57 Å². The second-order valence-corrected chi connectivity index (χ2v) is 6.73. The minimum atomic E-state index is -1.52. The van der Waals surface area contributed by atoms with Crippen LogP contribution in [0.15, 0.2) is 54.6 Å². The minimum Gasteiger partial charge on any atom is -0.479 e. The van der Waals surface area contributed by atoms with E-state index in [1.165, 1.54) is 14.0 Å². The number of benzene rings is 2. The summed E-state index contributed by atoms with van der Waals surface area (Å²) in [5.41, 5.74) is -0.168. The summed E-state index contributed by atoms with van der Waals surface area (Å²) >= 11 is 2.14. The Morgan fingerprint density at radius 1 is 1.12 bits per heavy atom. The molecule has 0 spiro atoms. The Bertz CT molecular complexity index is 718. The molecule has 1 atom stereocenters. The van der Waals surface area contributed by atoms with Crippen molar-refractivity contribution in [1.82, 2.24) is 4.90 Å². The number of carboxylic acid groups (broad SMARTS) is 1. The monoisotopic (exact) mass is 439 g/mol. The molecule has 6 heteroatoms. The number of carbonyl (C=O) groups is 2. The molecule has 0 aromatic heterocycles. The predicted molar refractivity (Wildman–Crippen MR) is 98.5 cm³/mol. The molecule has 2 rings (SSSR count). The average molecular weight is 439 g/mol. The van der Waals surface area contributed by atoms with Crippen LogP contribution in [0.5, 0.6) is 0 Å². The first-order valence-electron chi connectivity index (χ1n) is 7.29. The standard InChI is InChI=1S/C18H18INO4/c1-18(16(21)22,14-8-10-15(19)11-9-14)20(2)17(23)24-12-13-6-4-3-5-7-13/h3-11H,12H2,1-2H3,(H,21,22). The molecule has 0 bridgehead atoms. The summed E-state index contributed by atoms with van der Waals surface area (Å²) in [7, 11) is 1.43. The van der Waals surface area contributed by atoms with Gasteiger partial charge in [0, 0.05) is 10.6 Å². The van der Waals surface area contributed by atoms with Crippen LogP contribution in [0.1, 0.15) is 18.1 Å². The summed E-state index contributed by atoms with van der Waals surface area (Å²) in [4.78, 5) is 25.3.